The molecule has 9 heteroatoms. The van der Waals surface area contributed by atoms with E-state index < -0.39 is 11.7 Å². The molecule has 0 aromatic heterocycles. The standard InChI is InChI=1S/C17H16ClF3N2S.C5H10O2/c18-13-2-4-14(5-3-13)24-16-11-12(17(19,20)21)1-6-15(16)23-9-7-22-8-10-23;1-5(2,3)7-4-6/h1-6,11,22H,7-10H2;4H,1-3H3. The summed E-state index contributed by atoms with van der Waals surface area (Å²) in [6.45, 7) is 9.13. The third-order valence-electron chi connectivity index (χ3n) is 4.19. The molecule has 0 unspecified atom stereocenters. The van der Waals surface area contributed by atoms with Crippen LogP contribution in [0.1, 0.15) is 26.3 Å². The van der Waals surface area contributed by atoms with Gasteiger partial charge >= 0.3 is 6.18 Å². The fourth-order valence-corrected chi connectivity index (χ4v) is 3.85. The van der Waals surface area contributed by atoms with Crippen molar-refractivity contribution in [2.75, 3.05) is 31.1 Å². The van der Waals surface area contributed by atoms with Gasteiger partial charge in [0.15, 0.2) is 0 Å². The van der Waals surface area contributed by atoms with Crippen molar-refractivity contribution in [2.24, 2.45) is 0 Å². The van der Waals surface area contributed by atoms with Gasteiger partial charge in [-0.1, -0.05) is 23.4 Å². The lowest BCUT2D eigenvalue weighted by Crippen LogP contribution is -2.43. The molecule has 1 fully saturated rings. The third-order valence-corrected chi connectivity index (χ3v) is 5.49. The zero-order valence-corrected chi connectivity index (χ0v) is 19.2. The second-order valence-corrected chi connectivity index (χ2v) is 9.35. The Bertz CT molecular complexity index is 849. The number of halogens is 4. The highest BCUT2D eigenvalue weighted by molar-refractivity contribution is 7.99. The number of anilines is 1. The second-order valence-electron chi connectivity index (χ2n) is 7.80. The molecule has 0 aliphatic carbocycles. The molecule has 1 aliphatic heterocycles. The van der Waals surface area contributed by atoms with Crippen LogP contribution in [0.2, 0.25) is 5.02 Å². The van der Waals surface area contributed by atoms with Crippen LogP contribution in [0.15, 0.2) is 52.3 Å². The summed E-state index contributed by atoms with van der Waals surface area (Å²) in [5.41, 5.74) is -0.107. The van der Waals surface area contributed by atoms with Gasteiger partial charge in [0.05, 0.1) is 11.3 Å². The smallest absolute Gasteiger partial charge is 0.416 e. The van der Waals surface area contributed by atoms with Crippen molar-refractivity contribution >= 4 is 35.5 Å². The fraction of sp³-hybridized carbons (Fsp3) is 0.409. The van der Waals surface area contributed by atoms with Gasteiger partial charge in [0.25, 0.3) is 6.47 Å². The van der Waals surface area contributed by atoms with Gasteiger partial charge in [-0.3, -0.25) is 4.79 Å². The molecule has 0 saturated carbocycles. The zero-order chi connectivity index (χ0) is 23.1. The first-order valence-corrected chi connectivity index (χ1v) is 10.9. The largest absolute Gasteiger partial charge is 0.462 e. The third kappa shape index (κ3) is 8.63. The lowest BCUT2D eigenvalue weighted by molar-refractivity contribution is -0.139. The van der Waals surface area contributed by atoms with Crippen molar-refractivity contribution in [3.63, 3.8) is 0 Å². The molecule has 1 aliphatic rings. The Labute approximate surface area is 190 Å². The van der Waals surface area contributed by atoms with E-state index in [2.05, 4.69) is 15.0 Å². The van der Waals surface area contributed by atoms with Crippen LogP contribution in [0.4, 0.5) is 18.9 Å². The van der Waals surface area contributed by atoms with Crippen LogP contribution in [-0.4, -0.2) is 38.3 Å². The van der Waals surface area contributed by atoms with Crippen LogP contribution >= 0.6 is 23.4 Å². The average Bonchev–Trinajstić information content (AvgIpc) is 2.69. The van der Waals surface area contributed by atoms with Gasteiger partial charge in [0.2, 0.25) is 0 Å². The molecule has 1 saturated heterocycles. The molecule has 1 N–H and O–H groups in total. The molecule has 1 heterocycles. The van der Waals surface area contributed by atoms with Gasteiger partial charge in [-0.2, -0.15) is 13.2 Å². The first-order valence-electron chi connectivity index (χ1n) is 9.71. The molecule has 0 atom stereocenters. The molecule has 2 aromatic carbocycles. The number of benzene rings is 2. The number of nitrogens with zero attached hydrogens (tertiary/aromatic N) is 1. The molecular formula is C22H26ClF3N2O2S. The quantitative estimate of drug-likeness (QED) is 0.560. The number of nitrogens with one attached hydrogen (secondary N) is 1. The summed E-state index contributed by atoms with van der Waals surface area (Å²) < 4.78 is 43.8. The maximum atomic E-state index is 13.1. The minimum atomic E-state index is -4.35. The van der Waals surface area contributed by atoms with E-state index >= 15 is 0 Å². The minimum Gasteiger partial charge on any atom is -0.462 e. The summed E-state index contributed by atoms with van der Waals surface area (Å²) in [4.78, 5) is 13.2. The number of piperazine rings is 1. The summed E-state index contributed by atoms with van der Waals surface area (Å²) >= 11 is 7.21. The highest BCUT2D eigenvalue weighted by Crippen LogP contribution is 2.40. The Balaban J connectivity index is 0.000000423. The number of carbonyl (C=O) groups excluding carboxylic acids is 1. The van der Waals surface area contributed by atoms with Gasteiger partial charge < -0.3 is 15.0 Å². The topological polar surface area (TPSA) is 41.6 Å². The molecular weight excluding hydrogens is 449 g/mol. The minimum absolute atomic E-state index is 0.318. The van der Waals surface area contributed by atoms with Gasteiger partial charge in [0.1, 0.15) is 5.60 Å². The maximum absolute atomic E-state index is 13.1. The van der Waals surface area contributed by atoms with Crippen LogP contribution in [0.25, 0.3) is 0 Å². The van der Waals surface area contributed by atoms with Gasteiger partial charge in [-0.25, -0.2) is 0 Å². The summed E-state index contributed by atoms with van der Waals surface area (Å²) in [5.74, 6) is 0. The molecule has 0 bridgehead atoms. The van der Waals surface area contributed by atoms with Crippen molar-refractivity contribution in [1.82, 2.24) is 5.32 Å². The average molecular weight is 475 g/mol. The second kappa shape index (κ2) is 11.1. The van der Waals surface area contributed by atoms with E-state index in [0.717, 1.165) is 42.8 Å². The van der Waals surface area contributed by atoms with Gasteiger partial charge in [-0.15, -0.1) is 0 Å². The summed E-state index contributed by atoms with van der Waals surface area (Å²) in [6, 6.07) is 11.1. The highest BCUT2D eigenvalue weighted by Gasteiger charge is 2.31. The van der Waals surface area contributed by atoms with E-state index in [0.29, 0.717) is 16.4 Å². The van der Waals surface area contributed by atoms with Crippen molar-refractivity contribution in [3.05, 3.63) is 53.1 Å². The Morgan fingerprint density at radius 1 is 1.06 bits per heavy atom. The predicted molar refractivity (Wildman–Crippen MR) is 119 cm³/mol. The SMILES string of the molecule is CC(C)(C)OC=O.FC(F)(F)c1ccc(N2CCNCC2)c(Sc2ccc(Cl)cc2)c1. The van der Waals surface area contributed by atoms with Crippen molar-refractivity contribution in [1.29, 1.82) is 0 Å². The Morgan fingerprint density at radius 2 is 1.68 bits per heavy atom. The Kier molecular flexibility index (Phi) is 9.09. The molecule has 0 radical (unpaired) electrons. The lowest BCUT2D eigenvalue weighted by atomic mass is 10.1. The number of alkyl halides is 3. The van der Waals surface area contributed by atoms with Crippen LogP contribution in [0.5, 0.6) is 0 Å². The van der Waals surface area contributed by atoms with Gasteiger partial charge in [0, 0.05) is 41.0 Å². The van der Waals surface area contributed by atoms with Gasteiger partial charge in [-0.05, 0) is 63.2 Å². The van der Waals surface area contributed by atoms with E-state index in [9.17, 15) is 18.0 Å². The van der Waals surface area contributed by atoms with Crippen LogP contribution in [0, 0.1) is 0 Å². The fourth-order valence-electron chi connectivity index (χ4n) is 2.71. The van der Waals surface area contributed by atoms with Crippen molar-refractivity contribution in [2.45, 2.75) is 42.3 Å². The van der Waals surface area contributed by atoms with E-state index in [1.54, 1.807) is 18.2 Å². The molecule has 2 aromatic rings. The highest BCUT2D eigenvalue weighted by atomic mass is 35.5. The summed E-state index contributed by atoms with van der Waals surface area (Å²) in [6.07, 6.45) is -4.35. The molecule has 3 rings (SSSR count). The number of ether oxygens (including phenoxy) is 1. The molecule has 31 heavy (non-hydrogen) atoms. The number of hydrogen-bond donors (Lipinski definition) is 1. The molecule has 0 amide bonds. The van der Waals surface area contributed by atoms with E-state index in [1.165, 1.54) is 17.8 Å². The molecule has 4 nitrogen and oxygen atoms in total. The number of carbonyl (C=O) groups is 1. The number of rotatable bonds is 4. The first-order chi connectivity index (χ1) is 14.5. The summed E-state index contributed by atoms with van der Waals surface area (Å²) in [5, 5.41) is 3.85. The monoisotopic (exact) mass is 474 g/mol. The molecule has 0 spiro atoms. The maximum Gasteiger partial charge on any atom is 0.416 e. The normalized spacial score (nSPS) is 14.5. The number of hydrogen-bond acceptors (Lipinski definition) is 5. The van der Waals surface area contributed by atoms with Crippen LogP contribution in [0.3, 0.4) is 0 Å². The van der Waals surface area contributed by atoms with E-state index in [1.807, 2.05) is 32.9 Å². The lowest BCUT2D eigenvalue weighted by Gasteiger charge is -2.31. The van der Waals surface area contributed by atoms with E-state index in [4.69, 9.17) is 11.6 Å². The summed E-state index contributed by atoms with van der Waals surface area (Å²) in [7, 11) is 0. The van der Waals surface area contributed by atoms with Crippen LogP contribution in [-0.2, 0) is 15.7 Å². The predicted octanol–water partition coefficient (Wildman–Crippen LogP) is 5.88. The Hall–Kier alpha value is -1.90. The molecule has 170 valence electrons. The van der Waals surface area contributed by atoms with Crippen molar-refractivity contribution in [3.8, 4) is 0 Å². The zero-order valence-electron chi connectivity index (χ0n) is 17.6. The van der Waals surface area contributed by atoms with E-state index in [-0.39, 0.29) is 5.60 Å². The van der Waals surface area contributed by atoms with Crippen molar-refractivity contribution < 1.29 is 22.7 Å². The van der Waals surface area contributed by atoms with Crippen LogP contribution < -0.4 is 10.2 Å². The Morgan fingerprint density at radius 3 is 2.16 bits per heavy atom. The first kappa shape index (κ1) is 25.4.